The fourth-order valence-corrected chi connectivity index (χ4v) is 4.56. The fourth-order valence-electron chi connectivity index (χ4n) is 4.56. The standard InChI is InChI=1S/C30H37N5O7/c1-3-17(2)26(29(40)34-24(30(41)42)15-25(36)37)35-28(39)23(14-19-16-32-22-12-8-7-11-20(19)22)33-27(38)21(31)13-18-9-5-4-6-10-18/h4-12,16-17,21,23-24,26,32H,3,13-15,31H2,1-2H3,(H,33,38)(H,34,40)(H,35,39)(H,36,37)(H,41,42). The summed E-state index contributed by atoms with van der Waals surface area (Å²) in [5.41, 5.74) is 8.63. The van der Waals surface area contributed by atoms with Gasteiger partial charge < -0.3 is 36.9 Å². The van der Waals surface area contributed by atoms with Crippen LogP contribution in [0.4, 0.5) is 0 Å². The van der Waals surface area contributed by atoms with Gasteiger partial charge in [-0.15, -0.1) is 0 Å². The van der Waals surface area contributed by atoms with E-state index in [0.29, 0.717) is 6.42 Å². The van der Waals surface area contributed by atoms with Gasteiger partial charge in [0.1, 0.15) is 18.1 Å². The van der Waals surface area contributed by atoms with Crippen LogP contribution >= 0.6 is 0 Å². The summed E-state index contributed by atoms with van der Waals surface area (Å²) in [5, 5.41) is 26.9. The molecular formula is C30H37N5O7. The molecule has 0 fully saturated rings. The van der Waals surface area contributed by atoms with Crippen LogP contribution < -0.4 is 21.7 Å². The summed E-state index contributed by atoms with van der Waals surface area (Å²) in [6.45, 7) is 3.48. The highest BCUT2D eigenvalue weighted by molar-refractivity contribution is 5.95. The van der Waals surface area contributed by atoms with E-state index in [0.717, 1.165) is 22.0 Å². The van der Waals surface area contributed by atoms with E-state index in [1.165, 1.54) is 0 Å². The number of hydrogen-bond donors (Lipinski definition) is 7. The van der Waals surface area contributed by atoms with E-state index in [1.807, 2.05) is 54.6 Å². The third-order valence-electron chi connectivity index (χ3n) is 7.15. The predicted molar refractivity (Wildman–Crippen MR) is 155 cm³/mol. The monoisotopic (exact) mass is 579 g/mol. The average molecular weight is 580 g/mol. The SMILES string of the molecule is CCC(C)C(NC(=O)C(Cc1c[nH]c2ccccc12)NC(=O)C(N)Cc1ccccc1)C(=O)NC(CC(=O)O)C(=O)O. The van der Waals surface area contributed by atoms with E-state index in [1.54, 1.807) is 20.0 Å². The van der Waals surface area contributed by atoms with Gasteiger partial charge in [-0.2, -0.15) is 0 Å². The van der Waals surface area contributed by atoms with Gasteiger partial charge in [0, 0.05) is 23.5 Å². The van der Waals surface area contributed by atoms with Crippen molar-refractivity contribution in [2.24, 2.45) is 11.7 Å². The molecule has 8 N–H and O–H groups in total. The van der Waals surface area contributed by atoms with Crippen molar-refractivity contribution in [2.45, 2.75) is 63.7 Å². The van der Waals surface area contributed by atoms with Gasteiger partial charge >= 0.3 is 11.9 Å². The molecule has 224 valence electrons. The molecule has 1 aromatic heterocycles. The van der Waals surface area contributed by atoms with Crippen molar-refractivity contribution in [3.05, 3.63) is 71.9 Å². The number of aromatic amines is 1. The Morgan fingerprint density at radius 2 is 1.48 bits per heavy atom. The van der Waals surface area contributed by atoms with E-state index in [4.69, 9.17) is 10.8 Å². The summed E-state index contributed by atoms with van der Waals surface area (Å²) in [7, 11) is 0. The Bertz CT molecular complexity index is 1410. The summed E-state index contributed by atoms with van der Waals surface area (Å²) < 4.78 is 0. The number of carboxylic acids is 2. The Labute approximate surface area is 243 Å². The molecule has 0 aliphatic rings. The quantitative estimate of drug-likeness (QED) is 0.140. The molecule has 12 heteroatoms. The molecule has 1 heterocycles. The van der Waals surface area contributed by atoms with Gasteiger partial charge in [-0.1, -0.05) is 68.8 Å². The van der Waals surface area contributed by atoms with Gasteiger partial charge in [-0.25, -0.2) is 4.79 Å². The Morgan fingerprint density at radius 1 is 0.833 bits per heavy atom. The third kappa shape index (κ3) is 8.64. The van der Waals surface area contributed by atoms with Crippen LogP contribution in [0.3, 0.4) is 0 Å². The Morgan fingerprint density at radius 3 is 2.12 bits per heavy atom. The zero-order valence-electron chi connectivity index (χ0n) is 23.5. The van der Waals surface area contributed by atoms with Crippen LogP contribution in [0.25, 0.3) is 10.9 Å². The second kappa shape index (κ2) is 14.8. The number of aromatic nitrogens is 1. The molecule has 0 aliphatic heterocycles. The van der Waals surface area contributed by atoms with Crippen molar-refractivity contribution in [3.63, 3.8) is 0 Å². The lowest BCUT2D eigenvalue weighted by Gasteiger charge is -2.28. The van der Waals surface area contributed by atoms with E-state index in [9.17, 15) is 29.1 Å². The van der Waals surface area contributed by atoms with Crippen molar-refractivity contribution in [2.75, 3.05) is 0 Å². The number of nitrogens with two attached hydrogens (primary N) is 1. The molecule has 0 aliphatic carbocycles. The minimum absolute atomic E-state index is 0.0747. The highest BCUT2D eigenvalue weighted by Gasteiger charge is 2.33. The molecule has 5 atom stereocenters. The average Bonchev–Trinajstić information content (AvgIpc) is 3.37. The minimum Gasteiger partial charge on any atom is -0.481 e. The number of benzene rings is 2. The lowest BCUT2D eigenvalue weighted by atomic mass is 9.96. The number of nitrogens with one attached hydrogen (secondary N) is 4. The van der Waals surface area contributed by atoms with Gasteiger partial charge in [-0.05, 0) is 29.5 Å². The summed E-state index contributed by atoms with van der Waals surface area (Å²) in [6, 6.07) is 11.7. The number of para-hydroxylation sites is 1. The van der Waals surface area contributed by atoms with Crippen molar-refractivity contribution < 1.29 is 34.2 Å². The van der Waals surface area contributed by atoms with Crippen molar-refractivity contribution in [3.8, 4) is 0 Å². The zero-order valence-corrected chi connectivity index (χ0v) is 23.5. The van der Waals surface area contributed by atoms with Crippen LogP contribution in [0.2, 0.25) is 0 Å². The number of carbonyl (C=O) groups is 5. The number of carbonyl (C=O) groups excluding carboxylic acids is 3. The van der Waals surface area contributed by atoms with Gasteiger partial charge in [-0.3, -0.25) is 19.2 Å². The summed E-state index contributed by atoms with van der Waals surface area (Å²) >= 11 is 0. The summed E-state index contributed by atoms with van der Waals surface area (Å²) in [4.78, 5) is 65.8. The molecule has 0 saturated carbocycles. The smallest absolute Gasteiger partial charge is 0.326 e. The van der Waals surface area contributed by atoms with Crippen molar-refractivity contribution in [1.82, 2.24) is 20.9 Å². The lowest BCUT2D eigenvalue weighted by Crippen LogP contribution is -2.59. The van der Waals surface area contributed by atoms with Crippen molar-refractivity contribution >= 4 is 40.6 Å². The molecule has 0 saturated heterocycles. The number of amides is 3. The van der Waals surface area contributed by atoms with E-state index < -0.39 is 66.2 Å². The van der Waals surface area contributed by atoms with E-state index >= 15 is 0 Å². The first-order valence-corrected chi connectivity index (χ1v) is 13.7. The number of hydrogen-bond acceptors (Lipinski definition) is 6. The van der Waals surface area contributed by atoms with Crippen LogP contribution in [0.5, 0.6) is 0 Å². The molecule has 3 aromatic rings. The molecule has 0 bridgehead atoms. The molecule has 0 radical (unpaired) electrons. The molecule has 12 nitrogen and oxygen atoms in total. The van der Waals surface area contributed by atoms with Gasteiger partial charge in [0.05, 0.1) is 12.5 Å². The first-order valence-electron chi connectivity index (χ1n) is 13.7. The van der Waals surface area contributed by atoms with E-state index in [2.05, 4.69) is 20.9 Å². The van der Waals surface area contributed by atoms with Crippen molar-refractivity contribution in [1.29, 1.82) is 0 Å². The number of H-pyrrole nitrogens is 1. The maximum atomic E-state index is 13.7. The number of carboxylic acid groups (broad SMARTS) is 2. The topological polar surface area (TPSA) is 204 Å². The predicted octanol–water partition coefficient (Wildman–Crippen LogP) is 1.34. The summed E-state index contributed by atoms with van der Waals surface area (Å²) in [5.74, 6) is -5.44. The van der Waals surface area contributed by atoms with Crippen LogP contribution in [-0.2, 0) is 36.8 Å². The normalized spacial score (nSPS) is 14.6. The molecule has 3 amide bonds. The van der Waals surface area contributed by atoms with Crippen LogP contribution in [0, 0.1) is 5.92 Å². The third-order valence-corrected chi connectivity index (χ3v) is 7.15. The largest absolute Gasteiger partial charge is 0.481 e. The van der Waals surface area contributed by atoms with Gasteiger partial charge in [0.25, 0.3) is 0 Å². The van der Waals surface area contributed by atoms with Gasteiger partial charge in [0.15, 0.2) is 0 Å². The zero-order chi connectivity index (χ0) is 30.8. The van der Waals surface area contributed by atoms with Crippen LogP contribution in [0.1, 0.15) is 37.8 Å². The Hall–Kier alpha value is -4.71. The Balaban J connectivity index is 1.84. The maximum absolute atomic E-state index is 13.7. The lowest BCUT2D eigenvalue weighted by molar-refractivity contribution is -0.147. The molecule has 2 aromatic carbocycles. The first-order chi connectivity index (χ1) is 20.0. The second-order valence-electron chi connectivity index (χ2n) is 10.3. The number of rotatable bonds is 15. The fraction of sp³-hybridized carbons (Fsp3) is 0.367. The molecule has 42 heavy (non-hydrogen) atoms. The van der Waals surface area contributed by atoms with Crippen LogP contribution in [0.15, 0.2) is 60.8 Å². The summed E-state index contributed by atoms with van der Waals surface area (Å²) in [6.07, 6.45) is 1.66. The highest BCUT2D eigenvalue weighted by Crippen LogP contribution is 2.20. The minimum atomic E-state index is -1.68. The van der Waals surface area contributed by atoms with E-state index in [-0.39, 0.29) is 12.8 Å². The number of aliphatic carboxylic acids is 2. The molecule has 5 unspecified atom stereocenters. The van der Waals surface area contributed by atoms with Gasteiger partial charge in [0.2, 0.25) is 17.7 Å². The highest BCUT2D eigenvalue weighted by atomic mass is 16.4. The van der Waals surface area contributed by atoms with Crippen LogP contribution in [-0.4, -0.2) is 69.0 Å². The Kier molecular flexibility index (Phi) is 11.2. The molecule has 0 spiro atoms. The number of fused-ring (bicyclic) bond motifs is 1. The molecule has 3 rings (SSSR count). The first kappa shape index (κ1) is 31.8. The second-order valence-corrected chi connectivity index (χ2v) is 10.3. The maximum Gasteiger partial charge on any atom is 0.326 e. The molecular weight excluding hydrogens is 542 g/mol.